The van der Waals surface area contributed by atoms with E-state index in [1.165, 1.54) is 11.3 Å². The fourth-order valence-corrected chi connectivity index (χ4v) is 6.30. The first kappa shape index (κ1) is 23.1. The highest BCUT2D eigenvalue weighted by atomic mass is 32.1. The molecular formula is C25H30FN5O2S. The van der Waals surface area contributed by atoms with Gasteiger partial charge in [-0.3, -0.25) is 4.79 Å². The van der Waals surface area contributed by atoms with Gasteiger partial charge in [-0.15, -0.1) is 11.3 Å². The summed E-state index contributed by atoms with van der Waals surface area (Å²) in [4.78, 5) is 25.6. The topological polar surface area (TPSA) is 107 Å². The van der Waals surface area contributed by atoms with E-state index in [4.69, 9.17) is 21.2 Å². The molecule has 4 N–H and O–H groups in total. The fourth-order valence-electron chi connectivity index (χ4n) is 5.21. The van der Waals surface area contributed by atoms with Crippen LogP contribution in [0.4, 0.5) is 15.9 Å². The number of halogens is 1. The Bertz CT molecular complexity index is 1250. The molecule has 0 unspecified atom stereocenters. The summed E-state index contributed by atoms with van der Waals surface area (Å²) in [5.74, 6) is 0.386. The van der Waals surface area contributed by atoms with Gasteiger partial charge in [-0.25, -0.2) is 14.4 Å². The molecule has 0 amide bonds. The third-order valence-electron chi connectivity index (χ3n) is 7.06. The van der Waals surface area contributed by atoms with Crippen LogP contribution in [0.3, 0.4) is 0 Å². The van der Waals surface area contributed by atoms with Crippen molar-refractivity contribution in [1.29, 1.82) is 0 Å². The van der Waals surface area contributed by atoms with Gasteiger partial charge in [0.15, 0.2) is 17.4 Å². The summed E-state index contributed by atoms with van der Waals surface area (Å²) in [5.41, 5.74) is 15.7. The number of hydrogen-bond donors (Lipinski definition) is 2. The third kappa shape index (κ3) is 4.28. The quantitative estimate of drug-likeness (QED) is 0.517. The molecule has 34 heavy (non-hydrogen) atoms. The van der Waals surface area contributed by atoms with E-state index in [9.17, 15) is 4.79 Å². The average Bonchev–Trinajstić information content (AvgIpc) is 3.32. The maximum atomic E-state index is 15.1. The van der Waals surface area contributed by atoms with Crippen LogP contribution in [-0.4, -0.2) is 48.6 Å². The second kappa shape index (κ2) is 9.20. The van der Waals surface area contributed by atoms with Gasteiger partial charge >= 0.3 is 0 Å². The van der Waals surface area contributed by atoms with Crippen molar-refractivity contribution in [1.82, 2.24) is 9.97 Å². The van der Waals surface area contributed by atoms with E-state index < -0.39 is 0 Å². The van der Waals surface area contributed by atoms with Crippen LogP contribution >= 0.6 is 11.3 Å². The van der Waals surface area contributed by atoms with E-state index in [0.717, 1.165) is 40.0 Å². The molecule has 9 heteroatoms. The van der Waals surface area contributed by atoms with Crippen LogP contribution in [0.15, 0.2) is 18.2 Å². The predicted molar refractivity (Wildman–Crippen MR) is 133 cm³/mol. The molecule has 4 heterocycles. The zero-order valence-corrected chi connectivity index (χ0v) is 20.3. The number of hydrogen-bond acceptors (Lipinski definition) is 8. The first-order valence-corrected chi connectivity index (χ1v) is 12.5. The third-order valence-corrected chi connectivity index (χ3v) is 8.21. The molecule has 1 aliphatic carbocycles. The number of thiophene rings is 1. The number of carbonyl (C=O) groups is 1. The number of pyridine rings is 2. The lowest BCUT2D eigenvalue weighted by Crippen LogP contribution is -2.32. The predicted octanol–water partition coefficient (Wildman–Crippen LogP) is 3.51. The highest BCUT2D eigenvalue weighted by Gasteiger charge is 2.33. The monoisotopic (exact) mass is 483 g/mol. The number of aromatic nitrogens is 2. The normalized spacial score (nSPS) is 22.4. The molecule has 1 fully saturated rings. The molecule has 7 nitrogen and oxygen atoms in total. The van der Waals surface area contributed by atoms with E-state index in [1.807, 2.05) is 24.0 Å². The molecule has 0 saturated carbocycles. The van der Waals surface area contributed by atoms with Gasteiger partial charge in [0.05, 0.1) is 17.2 Å². The summed E-state index contributed by atoms with van der Waals surface area (Å²) in [5, 5.41) is 0.834. The maximum absolute atomic E-state index is 15.1. The number of nitrogens with two attached hydrogens (primary N) is 2. The van der Waals surface area contributed by atoms with Crippen molar-refractivity contribution in [3.8, 4) is 0 Å². The van der Waals surface area contributed by atoms with Crippen LogP contribution in [-0.2, 0) is 17.6 Å². The van der Waals surface area contributed by atoms with Crippen LogP contribution in [0.5, 0.6) is 0 Å². The van der Waals surface area contributed by atoms with Gasteiger partial charge in [-0.2, -0.15) is 0 Å². The van der Waals surface area contributed by atoms with Crippen molar-refractivity contribution in [2.24, 2.45) is 17.6 Å². The van der Waals surface area contributed by atoms with Gasteiger partial charge < -0.3 is 21.1 Å². The van der Waals surface area contributed by atoms with Crippen LogP contribution in [0.25, 0.3) is 10.2 Å². The van der Waals surface area contributed by atoms with Crippen molar-refractivity contribution in [3.05, 3.63) is 45.8 Å². The van der Waals surface area contributed by atoms with Crippen molar-refractivity contribution < 1.29 is 13.9 Å². The Hall–Kier alpha value is -2.62. The van der Waals surface area contributed by atoms with Crippen molar-refractivity contribution >= 4 is 38.8 Å². The lowest BCUT2D eigenvalue weighted by atomic mass is 9.83. The second-order valence-corrected chi connectivity index (χ2v) is 10.6. The Balaban J connectivity index is 1.30. The molecule has 0 radical (unpaired) electrons. The lowest BCUT2D eigenvalue weighted by Gasteiger charge is -2.26. The van der Waals surface area contributed by atoms with Gasteiger partial charge in [0.2, 0.25) is 0 Å². The number of fused-ring (bicyclic) bond motifs is 2. The minimum atomic E-state index is -0.328. The summed E-state index contributed by atoms with van der Waals surface area (Å²) in [6, 6.07) is 5.37. The highest BCUT2D eigenvalue weighted by Crippen LogP contribution is 2.36. The molecule has 1 aliphatic heterocycles. The lowest BCUT2D eigenvalue weighted by molar-refractivity contribution is 0.0962. The largest absolute Gasteiger partial charge is 0.397 e. The van der Waals surface area contributed by atoms with Gasteiger partial charge in [0.1, 0.15) is 4.83 Å². The zero-order valence-electron chi connectivity index (χ0n) is 19.5. The van der Waals surface area contributed by atoms with E-state index in [0.29, 0.717) is 48.9 Å². The first-order chi connectivity index (χ1) is 16.3. The van der Waals surface area contributed by atoms with Crippen molar-refractivity contribution in [2.75, 3.05) is 37.4 Å². The Morgan fingerprint density at radius 1 is 1.32 bits per heavy atom. The minimum Gasteiger partial charge on any atom is -0.397 e. The number of ketones is 1. The Labute approximate surface area is 202 Å². The number of carbonyl (C=O) groups excluding carboxylic acids is 1. The number of Topliss-reactive ketones (excluding diaryl/α,β-unsaturated/α-hetero) is 1. The average molecular weight is 484 g/mol. The van der Waals surface area contributed by atoms with Crippen LogP contribution in [0, 0.1) is 24.6 Å². The highest BCUT2D eigenvalue weighted by molar-refractivity contribution is 7.21. The molecule has 0 aromatic carbocycles. The molecular weight excluding hydrogens is 453 g/mol. The Morgan fingerprint density at radius 2 is 2.15 bits per heavy atom. The summed E-state index contributed by atoms with van der Waals surface area (Å²) in [7, 11) is 1.65. The number of aryl methyl sites for hydroxylation is 2. The smallest absolute Gasteiger partial charge is 0.175 e. The van der Waals surface area contributed by atoms with Crippen LogP contribution in [0.1, 0.15) is 39.5 Å². The van der Waals surface area contributed by atoms with E-state index in [2.05, 4.69) is 4.98 Å². The van der Waals surface area contributed by atoms with E-state index >= 15 is 4.39 Å². The maximum Gasteiger partial charge on any atom is 0.175 e. The summed E-state index contributed by atoms with van der Waals surface area (Å²) >= 11 is 1.36. The number of methoxy groups -OCH3 is 1. The summed E-state index contributed by atoms with van der Waals surface area (Å²) in [6.07, 6.45) is 2.59. The summed E-state index contributed by atoms with van der Waals surface area (Å²) in [6.45, 7) is 3.68. The number of ether oxygens (including phenoxy) is 1. The minimum absolute atomic E-state index is 0.0342. The zero-order chi connectivity index (χ0) is 24.0. The fraction of sp³-hybridized carbons (Fsp3) is 0.480. The number of anilines is 2. The number of rotatable bonds is 6. The Kier molecular flexibility index (Phi) is 6.26. The second-order valence-electron chi connectivity index (χ2n) is 9.57. The number of nitrogen functional groups attached to an aromatic ring is 1. The molecule has 2 aliphatic rings. The van der Waals surface area contributed by atoms with Gasteiger partial charge in [0, 0.05) is 55.4 Å². The Morgan fingerprint density at radius 3 is 2.94 bits per heavy atom. The van der Waals surface area contributed by atoms with Crippen molar-refractivity contribution in [3.63, 3.8) is 0 Å². The molecule has 3 atom stereocenters. The SMILES string of the molecule is COC[C@@H]1CN(c2nc3c(cc2F)C[C@@H](CC(=O)c2sc4nc(C)ccc4c2N)CC3)C[C@@H]1N. The van der Waals surface area contributed by atoms with Crippen LogP contribution < -0.4 is 16.4 Å². The molecule has 3 aromatic rings. The molecule has 180 valence electrons. The van der Waals surface area contributed by atoms with Crippen LogP contribution in [0.2, 0.25) is 0 Å². The van der Waals surface area contributed by atoms with Gasteiger partial charge in [-0.1, -0.05) is 0 Å². The molecule has 0 bridgehead atoms. The van der Waals surface area contributed by atoms with Crippen molar-refractivity contribution in [2.45, 2.75) is 38.6 Å². The molecule has 1 saturated heterocycles. The molecule has 3 aromatic heterocycles. The van der Waals surface area contributed by atoms with Gasteiger partial charge in [0.25, 0.3) is 0 Å². The molecule has 5 rings (SSSR count). The number of nitrogens with zero attached hydrogens (tertiary/aromatic N) is 3. The van der Waals surface area contributed by atoms with E-state index in [1.54, 1.807) is 13.2 Å². The molecule has 0 spiro atoms. The standard InChI is InChI=1S/C25H30FN5O2S/c1-13-3-5-17-22(28)23(34-25(17)29-13)21(32)8-14-4-6-20-15(7-14)9-18(26)24(30-20)31-10-16(12-33-2)19(27)11-31/h3,5,9,14,16,19H,4,6-8,10-12,27-28H2,1-2H3/t14-,16-,19-/m0/s1. The summed E-state index contributed by atoms with van der Waals surface area (Å²) < 4.78 is 20.3. The van der Waals surface area contributed by atoms with E-state index in [-0.39, 0.29) is 29.5 Å². The first-order valence-electron chi connectivity index (χ1n) is 11.7. The van der Waals surface area contributed by atoms with Gasteiger partial charge in [-0.05, 0) is 55.9 Å².